The van der Waals surface area contributed by atoms with Gasteiger partial charge in [-0.15, -0.1) is 0 Å². The number of nitrogens with two attached hydrogens (primary N) is 1. The van der Waals surface area contributed by atoms with Crippen LogP contribution in [0.1, 0.15) is 36.5 Å². The molecule has 0 aliphatic rings. The normalized spacial score (nSPS) is 11.8. The van der Waals surface area contributed by atoms with E-state index in [0.717, 1.165) is 12.8 Å². The lowest BCUT2D eigenvalue weighted by molar-refractivity contribution is -0.117. The van der Waals surface area contributed by atoms with E-state index >= 15 is 0 Å². The number of ether oxygens (including phenoxy) is 1. The predicted molar refractivity (Wildman–Crippen MR) is 76.1 cm³/mol. The molecule has 0 spiro atoms. The van der Waals surface area contributed by atoms with Crippen molar-refractivity contribution in [1.82, 2.24) is 0 Å². The lowest BCUT2D eigenvalue weighted by Crippen LogP contribution is -2.35. The van der Waals surface area contributed by atoms with E-state index in [9.17, 15) is 9.59 Å². The van der Waals surface area contributed by atoms with Crippen LogP contribution in [0.3, 0.4) is 0 Å². The van der Waals surface area contributed by atoms with Crippen LogP contribution in [0.2, 0.25) is 0 Å². The van der Waals surface area contributed by atoms with Gasteiger partial charge in [0, 0.05) is 0 Å². The number of unbranched alkanes of at least 4 members (excludes halogenated alkanes) is 1. The van der Waals surface area contributed by atoms with Gasteiger partial charge in [0.2, 0.25) is 5.91 Å². The number of hydrogen-bond acceptors (Lipinski definition) is 4. The van der Waals surface area contributed by atoms with Crippen LogP contribution < -0.4 is 15.8 Å². The molecule has 1 aromatic carbocycles. The average Bonchev–Trinajstić information content (AvgIpc) is 2.44. The molecule has 0 heterocycles. The molecule has 0 aliphatic carbocycles. The van der Waals surface area contributed by atoms with Crippen molar-refractivity contribution in [2.24, 2.45) is 5.73 Å². The predicted octanol–water partition coefficient (Wildman–Crippen LogP) is 1.85. The van der Waals surface area contributed by atoms with Crippen molar-refractivity contribution in [2.75, 3.05) is 12.4 Å². The van der Waals surface area contributed by atoms with Crippen molar-refractivity contribution in [1.29, 1.82) is 0 Å². The maximum absolute atomic E-state index is 11.9. The minimum Gasteiger partial charge on any atom is -0.497 e. The fourth-order valence-corrected chi connectivity index (χ4v) is 1.72. The Balaban J connectivity index is 2.86. The highest BCUT2D eigenvalue weighted by atomic mass is 16.5. The molecule has 0 saturated carbocycles. The zero-order valence-corrected chi connectivity index (χ0v) is 11.7. The molecule has 0 unspecified atom stereocenters. The lowest BCUT2D eigenvalue weighted by atomic mass is 10.1. The monoisotopic (exact) mass is 280 g/mol. The van der Waals surface area contributed by atoms with Crippen molar-refractivity contribution in [2.45, 2.75) is 32.2 Å². The van der Waals surface area contributed by atoms with Crippen LogP contribution >= 0.6 is 0 Å². The van der Waals surface area contributed by atoms with E-state index in [4.69, 9.17) is 15.6 Å². The number of carboxylic acid groups (broad SMARTS) is 1. The Morgan fingerprint density at radius 1 is 1.45 bits per heavy atom. The number of methoxy groups -OCH3 is 1. The summed E-state index contributed by atoms with van der Waals surface area (Å²) in [6.07, 6.45) is 2.37. The van der Waals surface area contributed by atoms with Crippen molar-refractivity contribution in [3.63, 3.8) is 0 Å². The van der Waals surface area contributed by atoms with Gasteiger partial charge in [-0.25, -0.2) is 4.79 Å². The Bertz CT molecular complexity index is 488. The van der Waals surface area contributed by atoms with Gasteiger partial charge in [0.1, 0.15) is 5.75 Å². The van der Waals surface area contributed by atoms with Crippen LogP contribution in [0.15, 0.2) is 18.2 Å². The molecule has 1 aromatic rings. The van der Waals surface area contributed by atoms with E-state index in [1.807, 2.05) is 6.92 Å². The zero-order chi connectivity index (χ0) is 15.1. The van der Waals surface area contributed by atoms with Crippen LogP contribution in [-0.4, -0.2) is 30.1 Å². The highest BCUT2D eigenvalue weighted by Crippen LogP contribution is 2.22. The number of rotatable bonds is 7. The molecule has 6 heteroatoms. The van der Waals surface area contributed by atoms with E-state index < -0.39 is 12.0 Å². The van der Waals surface area contributed by atoms with E-state index in [1.54, 1.807) is 6.07 Å². The Kier molecular flexibility index (Phi) is 5.99. The van der Waals surface area contributed by atoms with E-state index in [0.29, 0.717) is 12.2 Å². The molecular formula is C14H20N2O4. The summed E-state index contributed by atoms with van der Waals surface area (Å²) in [5.41, 5.74) is 5.94. The van der Waals surface area contributed by atoms with Crippen LogP contribution in [0.4, 0.5) is 5.69 Å². The second-order valence-corrected chi connectivity index (χ2v) is 4.45. The van der Waals surface area contributed by atoms with Gasteiger partial charge in [0.15, 0.2) is 0 Å². The van der Waals surface area contributed by atoms with E-state index in [2.05, 4.69) is 5.32 Å². The molecule has 20 heavy (non-hydrogen) atoms. The SMILES string of the molecule is CCCC[C@H](N)C(=O)Nc1ccc(OC)cc1C(=O)O. The third-order valence-corrected chi connectivity index (χ3v) is 2.92. The van der Waals surface area contributed by atoms with Crippen LogP contribution in [0, 0.1) is 0 Å². The van der Waals surface area contributed by atoms with Gasteiger partial charge in [0.05, 0.1) is 24.4 Å². The summed E-state index contributed by atoms with van der Waals surface area (Å²) < 4.78 is 4.96. The summed E-state index contributed by atoms with van der Waals surface area (Å²) in [7, 11) is 1.44. The van der Waals surface area contributed by atoms with Gasteiger partial charge in [0.25, 0.3) is 0 Å². The first-order valence-corrected chi connectivity index (χ1v) is 6.47. The van der Waals surface area contributed by atoms with Gasteiger partial charge in [-0.05, 0) is 24.6 Å². The molecule has 0 bridgehead atoms. The maximum atomic E-state index is 11.9. The number of carbonyl (C=O) groups is 2. The molecular weight excluding hydrogens is 260 g/mol. The number of carboxylic acids is 1. The minimum atomic E-state index is -1.14. The summed E-state index contributed by atoms with van der Waals surface area (Å²) >= 11 is 0. The van der Waals surface area contributed by atoms with Crippen molar-refractivity contribution in [3.8, 4) is 5.75 Å². The molecule has 0 saturated heterocycles. The molecule has 1 rings (SSSR count). The molecule has 6 nitrogen and oxygen atoms in total. The quantitative estimate of drug-likeness (QED) is 0.707. The molecule has 0 aromatic heterocycles. The number of benzene rings is 1. The van der Waals surface area contributed by atoms with Crippen molar-refractivity contribution < 1.29 is 19.4 Å². The van der Waals surface area contributed by atoms with Crippen LogP contribution in [0.5, 0.6) is 5.75 Å². The van der Waals surface area contributed by atoms with Gasteiger partial charge in [-0.2, -0.15) is 0 Å². The third kappa shape index (κ3) is 4.24. The summed E-state index contributed by atoms with van der Waals surface area (Å²) in [6.45, 7) is 2.01. The maximum Gasteiger partial charge on any atom is 0.337 e. The zero-order valence-electron chi connectivity index (χ0n) is 11.7. The summed E-state index contributed by atoms with van der Waals surface area (Å²) in [4.78, 5) is 23.1. The molecule has 1 atom stereocenters. The fourth-order valence-electron chi connectivity index (χ4n) is 1.72. The Labute approximate surface area is 117 Å². The molecule has 0 fully saturated rings. The topological polar surface area (TPSA) is 102 Å². The summed E-state index contributed by atoms with van der Waals surface area (Å²) in [5, 5.41) is 11.7. The number of amides is 1. The Hall–Kier alpha value is -2.08. The van der Waals surface area contributed by atoms with Crippen LogP contribution in [0.25, 0.3) is 0 Å². The number of carbonyl (C=O) groups excluding carboxylic acids is 1. The second-order valence-electron chi connectivity index (χ2n) is 4.45. The van der Waals surface area contributed by atoms with E-state index in [-0.39, 0.29) is 17.2 Å². The fraction of sp³-hybridized carbons (Fsp3) is 0.429. The van der Waals surface area contributed by atoms with E-state index in [1.165, 1.54) is 19.2 Å². The molecule has 0 radical (unpaired) electrons. The van der Waals surface area contributed by atoms with Crippen molar-refractivity contribution >= 4 is 17.6 Å². The largest absolute Gasteiger partial charge is 0.497 e. The smallest absolute Gasteiger partial charge is 0.337 e. The van der Waals surface area contributed by atoms with Gasteiger partial charge in [-0.3, -0.25) is 4.79 Å². The van der Waals surface area contributed by atoms with Gasteiger partial charge < -0.3 is 20.9 Å². The van der Waals surface area contributed by atoms with Gasteiger partial charge in [-0.1, -0.05) is 19.8 Å². The standard InChI is InChI=1S/C14H20N2O4/c1-3-4-5-11(15)13(17)16-12-7-6-9(20-2)8-10(12)14(18)19/h6-8,11H,3-5,15H2,1-2H3,(H,16,17)(H,18,19)/t11-/m0/s1. The van der Waals surface area contributed by atoms with Gasteiger partial charge >= 0.3 is 5.97 Å². The lowest BCUT2D eigenvalue weighted by Gasteiger charge is -2.14. The number of anilines is 1. The third-order valence-electron chi connectivity index (χ3n) is 2.92. The number of aromatic carboxylic acids is 1. The number of hydrogen-bond donors (Lipinski definition) is 3. The van der Waals surface area contributed by atoms with Crippen molar-refractivity contribution in [3.05, 3.63) is 23.8 Å². The molecule has 4 N–H and O–H groups in total. The van der Waals surface area contributed by atoms with Crippen LogP contribution in [-0.2, 0) is 4.79 Å². The molecule has 110 valence electrons. The summed E-state index contributed by atoms with van der Waals surface area (Å²) in [6, 6.07) is 3.79. The molecule has 0 aliphatic heterocycles. The molecule has 1 amide bonds. The number of nitrogens with one attached hydrogen (secondary N) is 1. The Morgan fingerprint density at radius 2 is 2.15 bits per heavy atom. The highest BCUT2D eigenvalue weighted by Gasteiger charge is 2.17. The highest BCUT2D eigenvalue weighted by molar-refractivity contribution is 6.02. The first-order chi connectivity index (χ1) is 9.49. The second kappa shape index (κ2) is 7.49. The Morgan fingerprint density at radius 3 is 2.70 bits per heavy atom. The minimum absolute atomic E-state index is 0.0274. The average molecular weight is 280 g/mol. The first-order valence-electron chi connectivity index (χ1n) is 6.47. The summed E-state index contributed by atoms with van der Waals surface area (Å²) in [5.74, 6) is -1.11. The first kappa shape index (κ1) is 16.0.